The first-order valence-corrected chi connectivity index (χ1v) is 8.64. The Morgan fingerprint density at radius 1 is 1.21 bits per heavy atom. The number of hydrogen-bond acceptors (Lipinski definition) is 3. The summed E-state index contributed by atoms with van der Waals surface area (Å²) >= 11 is 3.43. The normalized spacial score (nSPS) is 17.7. The van der Waals surface area contributed by atoms with Crippen LogP contribution in [0.2, 0.25) is 0 Å². The van der Waals surface area contributed by atoms with E-state index in [0.29, 0.717) is 22.1 Å². The fourth-order valence-electron chi connectivity index (χ4n) is 3.45. The van der Waals surface area contributed by atoms with Crippen LogP contribution in [-0.4, -0.2) is 29.4 Å². The van der Waals surface area contributed by atoms with Crippen molar-refractivity contribution in [2.24, 2.45) is 0 Å². The lowest BCUT2D eigenvalue weighted by molar-refractivity contribution is -0.116. The maximum Gasteiger partial charge on any atom is 0.224 e. The molecule has 24 heavy (non-hydrogen) atoms. The molecule has 5 heteroatoms. The van der Waals surface area contributed by atoms with E-state index in [1.807, 2.05) is 36.4 Å². The predicted octanol–water partition coefficient (Wildman–Crippen LogP) is 3.53. The Kier molecular flexibility index (Phi) is 4.83. The zero-order valence-electron chi connectivity index (χ0n) is 13.3. The van der Waals surface area contributed by atoms with Crippen LogP contribution in [0.1, 0.15) is 35.2 Å². The maximum atomic E-state index is 13.1. The second kappa shape index (κ2) is 6.87. The third-order valence-corrected chi connectivity index (χ3v) is 5.09. The summed E-state index contributed by atoms with van der Waals surface area (Å²) in [5.74, 6) is -0.522. The molecule has 1 heterocycles. The summed E-state index contributed by atoms with van der Waals surface area (Å²) in [6.07, 6.45) is 0.413. The number of nitrogens with zero attached hydrogens (tertiary/aromatic N) is 1. The largest absolute Gasteiger partial charge is 0.396 e. The van der Waals surface area contributed by atoms with Gasteiger partial charge in [-0.3, -0.25) is 9.59 Å². The van der Waals surface area contributed by atoms with Crippen molar-refractivity contribution in [1.29, 1.82) is 0 Å². The van der Waals surface area contributed by atoms with Gasteiger partial charge in [-0.1, -0.05) is 36.4 Å². The number of hydrogen-bond donors (Lipinski definition) is 1. The summed E-state index contributed by atoms with van der Waals surface area (Å²) in [7, 11) is 0. The quantitative estimate of drug-likeness (QED) is 0.872. The number of aliphatic hydroxyl groups excluding tert-OH is 1. The number of Topliss-reactive ketones (excluding diaryl/α,β-unsaturated/α-hetero) is 1. The Morgan fingerprint density at radius 2 is 1.92 bits per heavy atom. The molecule has 124 valence electrons. The zero-order chi connectivity index (χ0) is 17.3. The monoisotopic (exact) mass is 387 g/mol. The molecule has 0 aliphatic carbocycles. The smallest absolute Gasteiger partial charge is 0.224 e. The molecule has 1 aliphatic rings. The average Bonchev–Trinajstić information content (AvgIpc) is 2.87. The van der Waals surface area contributed by atoms with Crippen LogP contribution in [0.3, 0.4) is 0 Å². The molecule has 0 fully saturated rings. The van der Waals surface area contributed by atoms with Crippen LogP contribution in [0, 0.1) is 0 Å². The molecular formula is C19H18BrNO3. The van der Waals surface area contributed by atoms with Crippen LogP contribution < -0.4 is 4.90 Å². The molecule has 2 aromatic rings. The minimum absolute atomic E-state index is 0.0490. The molecule has 0 bridgehead atoms. The number of aliphatic hydroxyl groups is 1. The highest BCUT2D eigenvalue weighted by Crippen LogP contribution is 2.42. The average molecular weight is 388 g/mol. The third-order valence-electron chi connectivity index (χ3n) is 4.43. The first-order valence-electron chi connectivity index (χ1n) is 7.84. The van der Waals surface area contributed by atoms with Gasteiger partial charge in [0.1, 0.15) is 6.04 Å². The number of ketones is 1. The van der Waals surface area contributed by atoms with Gasteiger partial charge in [0, 0.05) is 23.9 Å². The van der Waals surface area contributed by atoms with E-state index in [1.54, 1.807) is 17.0 Å². The molecule has 0 aromatic heterocycles. The lowest BCUT2D eigenvalue weighted by atomic mass is 9.86. The van der Waals surface area contributed by atoms with Gasteiger partial charge in [0.2, 0.25) is 5.91 Å². The van der Waals surface area contributed by atoms with E-state index in [4.69, 9.17) is 0 Å². The summed E-state index contributed by atoms with van der Waals surface area (Å²) in [6.45, 7) is 1.42. The number of anilines is 1. The number of halogens is 1. The van der Waals surface area contributed by atoms with E-state index >= 15 is 0 Å². The highest BCUT2D eigenvalue weighted by molar-refractivity contribution is 9.10. The standard InChI is InChI=1S/C19H18BrNO3/c1-12(23)21-16-9-5-8-15(20)17(16)19(24)18(21)14(10-11-22)13-6-3-2-4-7-13/h2-9,14,18,22H,10-11H2,1H3/t14-,18+/m0/s1. The molecule has 0 saturated heterocycles. The van der Waals surface area contributed by atoms with Crippen molar-refractivity contribution in [3.63, 3.8) is 0 Å². The van der Waals surface area contributed by atoms with Crippen LogP contribution in [0.15, 0.2) is 53.0 Å². The van der Waals surface area contributed by atoms with Crippen LogP contribution in [0.4, 0.5) is 5.69 Å². The summed E-state index contributed by atoms with van der Waals surface area (Å²) in [5, 5.41) is 9.52. The lowest BCUT2D eigenvalue weighted by Crippen LogP contribution is -2.43. The van der Waals surface area contributed by atoms with E-state index in [1.165, 1.54) is 6.92 Å². The molecule has 3 rings (SSSR count). The molecule has 4 nitrogen and oxygen atoms in total. The minimum atomic E-state index is -0.634. The number of carbonyl (C=O) groups excluding carboxylic acids is 2. The van der Waals surface area contributed by atoms with Crippen LogP contribution in [0.25, 0.3) is 0 Å². The van der Waals surface area contributed by atoms with Gasteiger partial charge < -0.3 is 10.0 Å². The Labute approximate surface area is 149 Å². The first-order chi connectivity index (χ1) is 11.6. The summed E-state index contributed by atoms with van der Waals surface area (Å²) in [6, 6.07) is 14.4. The van der Waals surface area contributed by atoms with Crippen molar-refractivity contribution in [2.75, 3.05) is 11.5 Å². The SMILES string of the molecule is CC(=O)N1c2cccc(Br)c2C(=O)[C@H]1[C@@H](CCO)c1ccccc1. The van der Waals surface area contributed by atoms with Gasteiger partial charge in [0.05, 0.1) is 11.3 Å². The van der Waals surface area contributed by atoms with Crippen molar-refractivity contribution < 1.29 is 14.7 Å². The Hall–Kier alpha value is -1.98. The van der Waals surface area contributed by atoms with Crippen molar-refractivity contribution >= 4 is 33.3 Å². The number of amides is 1. The van der Waals surface area contributed by atoms with E-state index in [9.17, 15) is 14.7 Å². The van der Waals surface area contributed by atoms with Crippen LogP contribution in [0.5, 0.6) is 0 Å². The van der Waals surface area contributed by atoms with E-state index < -0.39 is 6.04 Å². The zero-order valence-corrected chi connectivity index (χ0v) is 14.9. The molecule has 1 N–H and O–H groups in total. The number of rotatable bonds is 4. The molecule has 0 saturated carbocycles. The van der Waals surface area contributed by atoms with Crippen molar-refractivity contribution in [3.8, 4) is 0 Å². The van der Waals surface area contributed by atoms with Gasteiger partial charge >= 0.3 is 0 Å². The number of carbonyl (C=O) groups is 2. The summed E-state index contributed by atoms with van der Waals surface area (Å²) < 4.78 is 0.689. The topological polar surface area (TPSA) is 57.6 Å². The van der Waals surface area contributed by atoms with E-state index in [-0.39, 0.29) is 24.2 Å². The maximum absolute atomic E-state index is 13.1. The van der Waals surface area contributed by atoms with Gasteiger partial charge in [0.25, 0.3) is 0 Å². The van der Waals surface area contributed by atoms with Crippen molar-refractivity contribution in [3.05, 3.63) is 64.1 Å². The van der Waals surface area contributed by atoms with Crippen LogP contribution >= 0.6 is 15.9 Å². The molecule has 0 radical (unpaired) electrons. The molecule has 2 atom stereocenters. The Bertz CT molecular complexity index is 775. The second-order valence-electron chi connectivity index (χ2n) is 5.86. The first kappa shape index (κ1) is 16.9. The number of benzene rings is 2. The minimum Gasteiger partial charge on any atom is -0.396 e. The third kappa shape index (κ3) is 2.78. The van der Waals surface area contributed by atoms with E-state index in [2.05, 4.69) is 15.9 Å². The second-order valence-corrected chi connectivity index (χ2v) is 6.72. The molecule has 0 spiro atoms. The van der Waals surface area contributed by atoms with Crippen LogP contribution in [-0.2, 0) is 4.79 Å². The number of fused-ring (bicyclic) bond motifs is 1. The molecule has 1 aliphatic heterocycles. The predicted molar refractivity (Wildman–Crippen MR) is 96.3 cm³/mol. The van der Waals surface area contributed by atoms with Crippen molar-refractivity contribution in [1.82, 2.24) is 0 Å². The molecule has 0 unspecified atom stereocenters. The van der Waals surface area contributed by atoms with Gasteiger partial charge in [-0.2, -0.15) is 0 Å². The molecule has 1 amide bonds. The summed E-state index contributed by atoms with van der Waals surface area (Å²) in [5.41, 5.74) is 2.11. The Balaban J connectivity index is 2.13. The highest BCUT2D eigenvalue weighted by Gasteiger charge is 2.45. The van der Waals surface area contributed by atoms with Gasteiger partial charge in [-0.15, -0.1) is 0 Å². The van der Waals surface area contributed by atoms with Gasteiger partial charge in [0.15, 0.2) is 5.78 Å². The molecular weight excluding hydrogens is 370 g/mol. The van der Waals surface area contributed by atoms with E-state index in [0.717, 1.165) is 5.56 Å². The van der Waals surface area contributed by atoms with Gasteiger partial charge in [-0.25, -0.2) is 0 Å². The molecule has 2 aromatic carbocycles. The summed E-state index contributed by atoms with van der Waals surface area (Å²) in [4.78, 5) is 27.0. The lowest BCUT2D eigenvalue weighted by Gasteiger charge is -2.30. The van der Waals surface area contributed by atoms with Crippen molar-refractivity contribution in [2.45, 2.75) is 25.3 Å². The highest BCUT2D eigenvalue weighted by atomic mass is 79.9. The van der Waals surface area contributed by atoms with Gasteiger partial charge in [-0.05, 0) is 40.0 Å². The fraction of sp³-hybridized carbons (Fsp3) is 0.263. The Morgan fingerprint density at radius 3 is 2.54 bits per heavy atom. The fourth-order valence-corrected chi connectivity index (χ4v) is 4.00.